The molecular formula is C15H19BrO3. The molecular weight excluding hydrogens is 308 g/mol. The lowest BCUT2D eigenvalue weighted by Crippen LogP contribution is -2.13. The highest BCUT2D eigenvalue weighted by atomic mass is 79.9. The number of rotatable bonds is 6. The van der Waals surface area contributed by atoms with E-state index in [-0.39, 0.29) is 6.10 Å². The lowest BCUT2D eigenvalue weighted by atomic mass is 10.1. The highest BCUT2D eigenvalue weighted by Gasteiger charge is 2.21. The highest BCUT2D eigenvalue weighted by molar-refractivity contribution is 9.10. The largest absolute Gasteiger partial charge is 0.493 e. The van der Waals surface area contributed by atoms with Crippen LogP contribution >= 0.6 is 15.9 Å². The molecule has 1 aromatic carbocycles. The Morgan fingerprint density at radius 2 is 2.11 bits per heavy atom. The minimum absolute atomic E-state index is 0.276. The summed E-state index contributed by atoms with van der Waals surface area (Å²) in [5, 5.41) is 0. The molecule has 19 heavy (non-hydrogen) atoms. The molecule has 2 rings (SSSR count). The summed E-state index contributed by atoms with van der Waals surface area (Å²) in [7, 11) is 1.65. The third-order valence-electron chi connectivity index (χ3n) is 3.49. The smallest absolute Gasteiger partial charge is 0.165 e. The fourth-order valence-corrected chi connectivity index (χ4v) is 2.99. The number of ether oxygens (including phenoxy) is 2. The molecule has 0 radical (unpaired) electrons. The van der Waals surface area contributed by atoms with Gasteiger partial charge in [-0.2, -0.15) is 0 Å². The molecule has 0 amide bonds. The lowest BCUT2D eigenvalue weighted by molar-refractivity contribution is -0.107. The van der Waals surface area contributed by atoms with Crippen LogP contribution < -0.4 is 9.47 Å². The van der Waals surface area contributed by atoms with Crippen molar-refractivity contribution in [3.8, 4) is 11.5 Å². The van der Waals surface area contributed by atoms with Crippen LogP contribution in [0.5, 0.6) is 11.5 Å². The Morgan fingerprint density at radius 3 is 2.74 bits per heavy atom. The van der Waals surface area contributed by atoms with Crippen molar-refractivity contribution in [1.29, 1.82) is 0 Å². The van der Waals surface area contributed by atoms with Crippen LogP contribution in [0.3, 0.4) is 0 Å². The molecule has 0 unspecified atom stereocenters. The van der Waals surface area contributed by atoms with Gasteiger partial charge in [0.15, 0.2) is 11.5 Å². The van der Waals surface area contributed by atoms with Crippen molar-refractivity contribution in [2.45, 2.75) is 44.6 Å². The average Bonchev–Trinajstić information content (AvgIpc) is 2.91. The maximum absolute atomic E-state index is 10.6. The molecule has 0 aromatic heterocycles. The fraction of sp³-hybridized carbons (Fsp3) is 0.533. The molecule has 4 heteroatoms. The first kappa shape index (κ1) is 14.4. The molecule has 0 spiro atoms. The van der Waals surface area contributed by atoms with Gasteiger partial charge in [-0.15, -0.1) is 0 Å². The van der Waals surface area contributed by atoms with E-state index in [9.17, 15) is 4.79 Å². The van der Waals surface area contributed by atoms with Gasteiger partial charge in [-0.25, -0.2) is 0 Å². The third-order valence-corrected chi connectivity index (χ3v) is 4.23. The summed E-state index contributed by atoms with van der Waals surface area (Å²) in [6.45, 7) is 0. The monoisotopic (exact) mass is 326 g/mol. The van der Waals surface area contributed by atoms with Crippen molar-refractivity contribution in [2.24, 2.45) is 0 Å². The van der Waals surface area contributed by atoms with Gasteiger partial charge in [-0.3, -0.25) is 0 Å². The molecule has 104 valence electrons. The van der Waals surface area contributed by atoms with E-state index in [0.29, 0.717) is 12.8 Å². The Balaban J connectivity index is 2.28. The van der Waals surface area contributed by atoms with Gasteiger partial charge in [0.2, 0.25) is 0 Å². The second-order valence-electron chi connectivity index (χ2n) is 4.79. The fourth-order valence-electron chi connectivity index (χ4n) is 2.48. The first-order chi connectivity index (χ1) is 9.26. The van der Waals surface area contributed by atoms with E-state index in [1.54, 1.807) is 7.11 Å². The molecule has 1 aliphatic carbocycles. The predicted octanol–water partition coefficient (Wildman–Crippen LogP) is 3.91. The second kappa shape index (κ2) is 6.94. The van der Waals surface area contributed by atoms with Crippen LogP contribution in [-0.4, -0.2) is 19.5 Å². The molecule has 1 fully saturated rings. The SMILES string of the molecule is COc1ccc(Br)c(CCC=O)c1OC1CCCC1. The average molecular weight is 327 g/mol. The van der Waals surface area contributed by atoms with Crippen molar-refractivity contribution >= 4 is 22.2 Å². The number of hydrogen-bond donors (Lipinski definition) is 0. The number of carbonyl (C=O) groups is 1. The van der Waals surface area contributed by atoms with Gasteiger partial charge in [0, 0.05) is 16.5 Å². The Morgan fingerprint density at radius 1 is 1.37 bits per heavy atom. The number of halogens is 1. The van der Waals surface area contributed by atoms with Crippen LogP contribution in [0.1, 0.15) is 37.7 Å². The second-order valence-corrected chi connectivity index (χ2v) is 5.64. The minimum Gasteiger partial charge on any atom is -0.493 e. The van der Waals surface area contributed by atoms with Crippen LogP contribution in [0, 0.1) is 0 Å². The van der Waals surface area contributed by atoms with Crippen LogP contribution in [-0.2, 0) is 11.2 Å². The minimum atomic E-state index is 0.276. The molecule has 0 aliphatic heterocycles. The van der Waals surface area contributed by atoms with Gasteiger partial charge in [-0.05, 0) is 44.2 Å². The van der Waals surface area contributed by atoms with Crippen LogP contribution in [0.2, 0.25) is 0 Å². The summed E-state index contributed by atoms with van der Waals surface area (Å²) in [4.78, 5) is 10.6. The summed E-state index contributed by atoms with van der Waals surface area (Å²) in [6.07, 6.45) is 7.03. The molecule has 0 atom stereocenters. The summed E-state index contributed by atoms with van der Waals surface area (Å²) in [5.41, 5.74) is 1.03. The van der Waals surface area contributed by atoms with Crippen LogP contribution in [0.4, 0.5) is 0 Å². The van der Waals surface area contributed by atoms with Gasteiger partial charge < -0.3 is 14.3 Å². The van der Waals surface area contributed by atoms with Crippen molar-refractivity contribution in [3.05, 3.63) is 22.2 Å². The molecule has 1 aromatic rings. The zero-order valence-electron chi connectivity index (χ0n) is 11.2. The first-order valence-corrected chi connectivity index (χ1v) is 7.51. The third kappa shape index (κ3) is 3.50. The number of hydrogen-bond acceptors (Lipinski definition) is 3. The van der Waals surface area contributed by atoms with Gasteiger partial charge in [0.1, 0.15) is 6.29 Å². The van der Waals surface area contributed by atoms with Crippen LogP contribution in [0.15, 0.2) is 16.6 Å². The van der Waals surface area contributed by atoms with Gasteiger partial charge in [0.25, 0.3) is 0 Å². The Kier molecular flexibility index (Phi) is 5.25. The van der Waals surface area contributed by atoms with Crippen molar-refractivity contribution in [3.63, 3.8) is 0 Å². The zero-order chi connectivity index (χ0) is 13.7. The Hall–Kier alpha value is -1.03. The topological polar surface area (TPSA) is 35.5 Å². The summed E-state index contributed by atoms with van der Waals surface area (Å²) in [6, 6.07) is 3.85. The molecule has 0 saturated heterocycles. The van der Waals surface area contributed by atoms with Crippen molar-refractivity contribution < 1.29 is 14.3 Å². The van der Waals surface area contributed by atoms with E-state index in [2.05, 4.69) is 15.9 Å². The van der Waals surface area contributed by atoms with Gasteiger partial charge in [0.05, 0.1) is 13.2 Å². The maximum Gasteiger partial charge on any atom is 0.165 e. The van der Waals surface area contributed by atoms with E-state index in [0.717, 1.165) is 40.7 Å². The highest BCUT2D eigenvalue weighted by Crippen LogP contribution is 2.39. The number of methoxy groups -OCH3 is 1. The number of carbonyl (C=O) groups excluding carboxylic acids is 1. The summed E-state index contributed by atoms with van der Waals surface area (Å²) >= 11 is 3.54. The van der Waals surface area contributed by atoms with E-state index in [1.807, 2.05) is 12.1 Å². The molecule has 0 N–H and O–H groups in total. The van der Waals surface area contributed by atoms with E-state index in [1.165, 1.54) is 12.8 Å². The summed E-state index contributed by atoms with van der Waals surface area (Å²) in [5.74, 6) is 1.54. The van der Waals surface area contributed by atoms with E-state index < -0.39 is 0 Å². The molecule has 0 bridgehead atoms. The number of benzene rings is 1. The van der Waals surface area contributed by atoms with Gasteiger partial charge >= 0.3 is 0 Å². The van der Waals surface area contributed by atoms with E-state index >= 15 is 0 Å². The zero-order valence-corrected chi connectivity index (χ0v) is 12.7. The maximum atomic E-state index is 10.6. The standard InChI is InChI=1S/C15H19BrO3/c1-18-14-9-8-13(16)12(7-4-10-17)15(14)19-11-5-2-3-6-11/h8-11H,2-7H2,1H3. The van der Waals surface area contributed by atoms with Crippen LogP contribution in [0.25, 0.3) is 0 Å². The molecule has 3 nitrogen and oxygen atoms in total. The Labute approximate surface area is 122 Å². The molecule has 1 saturated carbocycles. The normalized spacial score (nSPS) is 15.5. The molecule has 0 heterocycles. The van der Waals surface area contributed by atoms with Gasteiger partial charge in [-0.1, -0.05) is 15.9 Å². The Bertz CT molecular complexity index is 439. The van der Waals surface area contributed by atoms with Crippen molar-refractivity contribution in [1.82, 2.24) is 0 Å². The lowest BCUT2D eigenvalue weighted by Gasteiger charge is -2.20. The predicted molar refractivity (Wildman–Crippen MR) is 78.0 cm³/mol. The van der Waals surface area contributed by atoms with Crippen molar-refractivity contribution in [2.75, 3.05) is 7.11 Å². The molecule has 1 aliphatic rings. The quantitative estimate of drug-likeness (QED) is 0.743. The number of aldehydes is 1. The van der Waals surface area contributed by atoms with E-state index in [4.69, 9.17) is 9.47 Å². The summed E-state index contributed by atoms with van der Waals surface area (Å²) < 4.78 is 12.5. The first-order valence-electron chi connectivity index (χ1n) is 6.72.